The Bertz CT molecular complexity index is 611. The molecule has 0 amide bonds. The maximum Gasteiger partial charge on any atom is 0.200 e. The number of aryl methyl sites for hydroxylation is 1. The highest BCUT2D eigenvalue weighted by Gasteiger charge is 2.11. The molecule has 2 aromatic carbocycles. The molecule has 0 fully saturated rings. The van der Waals surface area contributed by atoms with Crippen LogP contribution in [0, 0.1) is 12.7 Å². The van der Waals surface area contributed by atoms with Gasteiger partial charge in [0.05, 0.1) is 0 Å². The van der Waals surface area contributed by atoms with Gasteiger partial charge in [0, 0.05) is 10.0 Å². The van der Waals surface area contributed by atoms with Crippen molar-refractivity contribution in [2.45, 2.75) is 6.92 Å². The molecule has 0 atom stereocenters. The van der Waals surface area contributed by atoms with E-state index in [9.17, 15) is 9.18 Å². The van der Waals surface area contributed by atoms with E-state index in [1.807, 2.05) is 19.1 Å². The van der Waals surface area contributed by atoms with E-state index in [1.54, 1.807) is 18.2 Å². The van der Waals surface area contributed by atoms with E-state index >= 15 is 0 Å². The van der Waals surface area contributed by atoms with Crippen molar-refractivity contribution >= 4 is 21.7 Å². The average molecular weight is 323 g/mol. The summed E-state index contributed by atoms with van der Waals surface area (Å²) in [6, 6.07) is 11.7. The number of hydrogen-bond donors (Lipinski definition) is 0. The largest absolute Gasteiger partial charge is 0.482 e. The zero-order chi connectivity index (χ0) is 13.8. The van der Waals surface area contributed by atoms with E-state index in [4.69, 9.17) is 4.74 Å². The summed E-state index contributed by atoms with van der Waals surface area (Å²) in [4.78, 5) is 12.0. The second-order valence-electron chi connectivity index (χ2n) is 4.10. The number of carbonyl (C=O) groups is 1. The molecule has 2 aromatic rings. The Morgan fingerprint density at radius 2 is 2.00 bits per heavy atom. The molecule has 0 aliphatic rings. The molecule has 0 N–H and O–H groups in total. The van der Waals surface area contributed by atoms with Crippen molar-refractivity contribution in [1.29, 1.82) is 0 Å². The Morgan fingerprint density at radius 1 is 1.26 bits per heavy atom. The van der Waals surface area contributed by atoms with Crippen LogP contribution in [0.2, 0.25) is 0 Å². The molecule has 0 aliphatic carbocycles. The molecule has 0 radical (unpaired) electrons. The van der Waals surface area contributed by atoms with Crippen molar-refractivity contribution < 1.29 is 13.9 Å². The fourth-order valence-corrected chi connectivity index (χ4v) is 2.03. The lowest BCUT2D eigenvalue weighted by Crippen LogP contribution is -2.13. The third kappa shape index (κ3) is 3.41. The Balaban J connectivity index is 2.07. The van der Waals surface area contributed by atoms with Gasteiger partial charge in [0.1, 0.15) is 0 Å². The summed E-state index contributed by atoms with van der Waals surface area (Å²) < 4.78 is 19.4. The molecular formula is C15H12BrFO2. The molecule has 0 unspecified atom stereocenters. The molecule has 0 saturated heterocycles. The van der Waals surface area contributed by atoms with Crippen LogP contribution in [0.15, 0.2) is 46.9 Å². The van der Waals surface area contributed by atoms with Crippen LogP contribution in [0.5, 0.6) is 5.75 Å². The number of benzene rings is 2. The minimum absolute atomic E-state index is 0.0742. The molecule has 0 aromatic heterocycles. The minimum atomic E-state index is -0.494. The van der Waals surface area contributed by atoms with E-state index in [2.05, 4.69) is 15.9 Å². The van der Waals surface area contributed by atoms with Crippen molar-refractivity contribution in [2.75, 3.05) is 6.61 Å². The van der Waals surface area contributed by atoms with E-state index in [0.29, 0.717) is 10.0 Å². The highest BCUT2D eigenvalue weighted by molar-refractivity contribution is 9.10. The van der Waals surface area contributed by atoms with E-state index < -0.39 is 5.82 Å². The van der Waals surface area contributed by atoms with Crippen molar-refractivity contribution in [3.63, 3.8) is 0 Å². The average Bonchev–Trinajstić information content (AvgIpc) is 2.38. The quantitative estimate of drug-likeness (QED) is 0.790. The Labute approximate surface area is 119 Å². The first-order valence-electron chi connectivity index (χ1n) is 5.74. The van der Waals surface area contributed by atoms with Crippen molar-refractivity contribution in [3.8, 4) is 5.75 Å². The second kappa shape index (κ2) is 5.97. The lowest BCUT2D eigenvalue weighted by atomic mass is 10.1. The standard InChI is InChI=1S/C15H12BrFO2/c1-10-4-2-3-5-12(10)14(18)9-19-15-7-6-11(16)8-13(15)17/h2-8H,9H2,1H3. The van der Waals surface area contributed by atoms with Gasteiger partial charge in [0.25, 0.3) is 0 Å². The van der Waals surface area contributed by atoms with Gasteiger partial charge in [-0.3, -0.25) is 4.79 Å². The van der Waals surface area contributed by atoms with E-state index in [0.717, 1.165) is 5.56 Å². The van der Waals surface area contributed by atoms with Gasteiger partial charge in [0.2, 0.25) is 0 Å². The molecule has 0 heterocycles. The molecule has 0 aliphatic heterocycles. The van der Waals surface area contributed by atoms with Gasteiger partial charge in [-0.2, -0.15) is 0 Å². The zero-order valence-electron chi connectivity index (χ0n) is 10.3. The first-order valence-corrected chi connectivity index (χ1v) is 6.54. The van der Waals surface area contributed by atoms with Gasteiger partial charge in [-0.15, -0.1) is 0 Å². The summed E-state index contributed by atoms with van der Waals surface area (Å²) in [5.74, 6) is -0.586. The van der Waals surface area contributed by atoms with Crippen LogP contribution in [0.4, 0.5) is 4.39 Å². The SMILES string of the molecule is Cc1ccccc1C(=O)COc1ccc(Br)cc1F. The van der Waals surface area contributed by atoms with Crippen LogP contribution >= 0.6 is 15.9 Å². The highest BCUT2D eigenvalue weighted by atomic mass is 79.9. The number of halogens is 2. The molecule has 4 heteroatoms. The fourth-order valence-electron chi connectivity index (χ4n) is 1.70. The lowest BCUT2D eigenvalue weighted by Gasteiger charge is -2.08. The molecule has 19 heavy (non-hydrogen) atoms. The number of Topliss-reactive ketones (excluding diaryl/α,β-unsaturated/α-hetero) is 1. The number of ether oxygens (including phenoxy) is 1. The molecule has 2 rings (SSSR count). The summed E-state index contributed by atoms with van der Waals surface area (Å²) in [5, 5.41) is 0. The molecule has 0 spiro atoms. The highest BCUT2D eigenvalue weighted by Crippen LogP contribution is 2.21. The van der Waals surface area contributed by atoms with Crippen molar-refractivity contribution in [1.82, 2.24) is 0 Å². The maximum absolute atomic E-state index is 13.5. The molecule has 2 nitrogen and oxygen atoms in total. The third-order valence-electron chi connectivity index (χ3n) is 2.70. The van der Waals surface area contributed by atoms with Gasteiger partial charge >= 0.3 is 0 Å². The predicted molar refractivity (Wildman–Crippen MR) is 75.1 cm³/mol. The monoisotopic (exact) mass is 322 g/mol. The minimum Gasteiger partial charge on any atom is -0.482 e. The number of hydrogen-bond acceptors (Lipinski definition) is 2. The Kier molecular flexibility index (Phi) is 4.32. The Morgan fingerprint density at radius 3 is 2.68 bits per heavy atom. The van der Waals surface area contributed by atoms with E-state index in [-0.39, 0.29) is 18.1 Å². The Hall–Kier alpha value is -1.68. The number of carbonyl (C=O) groups excluding carboxylic acids is 1. The van der Waals surface area contributed by atoms with Gasteiger partial charge in [0.15, 0.2) is 24.0 Å². The van der Waals surface area contributed by atoms with Gasteiger partial charge in [-0.05, 0) is 30.7 Å². The summed E-state index contributed by atoms with van der Waals surface area (Å²) in [6.45, 7) is 1.68. The van der Waals surface area contributed by atoms with E-state index in [1.165, 1.54) is 12.1 Å². The normalized spacial score (nSPS) is 10.3. The van der Waals surface area contributed by atoms with Crippen molar-refractivity contribution in [3.05, 3.63) is 63.9 Å². The molecular weight excluding hydrogens is 311 g/mol. The maximum atomic E-state index is 13.5. The predicted octanol–water partition coefficient (Wildman–Crippen LogP) is 4.16. The number of ketones is 1. The topological polar surface area (TPSA) is 26.3 Å². The summed E-state index contributed by atoms with van der Waals surface area (Å²) in [7, 11) is 0. The molecule has 0 bridgehead atoms. The van der Waals surface area contributed by atoms with Crippen LogP contribution < -0.4 is 4.74 Å². The second-order valence-corrected chi connectivity index (χ2v) is 5.02. The summed E-state index contributed by atoms with van der Waals surface area (Å²) in [5.41, 5.74) is 1.48. The van der Waals surface area contributed by atoms with Crippen LogP contribution in [-0.4, -0.2) is 12.4 Å². The molecule has 98 valence electrons. The zero-order valence-corrected chi connectivity index (χ0v) is 11.9. The smallest absolute Gasteiger partial charge is 0.200 e. The van der Waals surface area contributed by atoms with Gasteiger partial charge < -0.3 is 4.74 Å². The van der Waals surface area contributed by atoms with Gasteiger partial charge in [-0.1, -0.05) is 40.2 Å². The number of rotatable bonds is 4. The molecule has 0 saturated carbocycles. The van der Waals surface area contributed by atoms with Crippen molar-refractivity contribution in [2.24, 2.45) is 0 Å². The van der Waals surface area contributed by atoms with Crippen LogP contribution in [-0.2, 0) is 0 Å². The fraction of sp³-hybridized carbons (Fsp3) is 0.133. The summed E-state index contributed by atoms with van der Waals surface area (Å²) in [6.07, 6.45) is 0. The van der Waals surface area contributed by atoms with Crippen LogP contribution in [0.3, 0.4) is 0 Å². The van der Waals surface area contributed by atoms with Crippen LogP contribution in [0.1, 0.15) is 15.9 Å². The first kappa shape index (κ1) is 13.7. The summed E-state index contributed by atoms with van der Waals surface area (Å²) >= 11 is 3.16. The first-order chi connectivity index (χ1) is 9.08. The third-order valence-corrected chi connectivity index (χ3v) is 3.19. The van der Waals surface area contributed by atoms with Gasteiger partial charge in [-0.25, -0.2) is 4.39 Å². The van der Waals surface area contributed by atoms with Crippen LogP contribution in [0.25, 0.3) is 0 Å². The lowest BCUT2D eigenvalue weighted by molar-refractivity contribution is 0.0918.